The first-order chi connectivity index (χ1) is 10.1. The van der Waals surface area contributed by atoms with Crippen LogP contribution >= 0.6 is 11.6 Å². The highest BCUT2D eigenvalue weighted by Crippen LogP contribution is 2.38. The van der Waals surface area contributed by atoms with Crippen LogP contribution in [0.4, 0.5) is 14.6 Å². The van der Waals surface area contributed by atoms with Crippen molar-refractivity contribution in [1.29, 1.82) is 0 Å². The number of nitrogens with one attached hydrogen (secondary N) is 1. The zero-order chi connectivity index (χ0) is 15.0. The van der Waals surface area contributed by atoms with Crippen molar-refractivity contribution in [3.63, 3.8) is 0 Å². The summed E-state index contributed by atoms with van der Waals surface area (Å²) in [5, 5.41) is 6.60. The molecule has 3 N–H and O–H groups in total. The molecule has 0 bridgehead atoms. The quantitative estimate of drug-likeness (QED) is 0.743. The van der Waals surface area contributed by atoms with Crippen LogP contribution in [0.3, 0.4) is 0 Å². The molecule has 3 aromatic rings. The Morgan fingerprint density at radius 1 is 1.10 bits per heavy atom. The van der Waals surface area contributed by atoms with Gasteiger partial charge in [0.2, 0.25) is 0 Å². The summed E-state index contributed by atoms with van der Waals surface area (Å²) in [7, 11) is 0. The van der Waals surface area contributed by atoms with E-state index in [-0.39, 0.29) is 10.8 Å². The van der Waals surface area contributed by atoms with Crippen molar-refractivity contribution >= 4 is 17.4 Å². The summed E-state index contributed by atoms with van der Waals surface area (Å²) < 4.78 is 27.0. The summed E-state index contributed by atoms with van der Waals surface area (Å²) >= 11 is 5.99. The number of hydrogen-bond acceptors (Lipinski definition) is 2. The van der Waals surface area contributed by atoms with E-state index in [0.29, 0.717) is 22.4 Å². The van der Waals surface area contributed by atoms with Gasteiger partial charge in [0.15, 0.2) is 5.82 Å². The maximum atomic E-state index is 13.6. The minimum Gasteiger partial charge on any atom is -0.382 e. The predicted octanol–water partition coefficient (Wildman–Crippen LogP) is 4.26. The van der Waals surface area contributed by atoms with Crippen LogP contribution in [-0.2, 0) is 0 Å². The molecule has 0 saturated heterocycles. The van der Waals surface area contributed by atoms with Gasteiger partial charge in [-0.1, -0.05) is 35.9 Å². The van der Waals surface area contributed by atoms with Crippen LogP contribution in [0.2, 0.25) is 5.02 Å². The smallest absolute Gasteiger partial charge is 0.153 e. The van der Waals surface area contributed by atoms with Gasteiger partial charge in [-0.3, -0.25) is 5.10 Å². The van der Waals surface area contributed by atoms with Crippen LogP contribution in [0.5, 0.6) is 0 Å². The van der Waals surface area contributed by atoms with Crippen molar-refractivity contribution < 1.29 is 8.78 Å². The lowest BCUT2D eigenvalue weighted by Crippen LogP contribution is -1.90. The van der Waals surface area contributed by atoms with Crippen LogP contribution in [0.1, 0.15) is 0 Å². The molecule has 0 spiro atoms. The van der Waals surface area contributed by atoms with Crippen LogP contribution in [0, 0.1) is 11.6 Å². The molecule has 1 aromatic heterocycles. The fraction of sp³-hybridized carbons (Fsp3) is 0. The van der Waals surface area contributed by atoms with Gasteiger partial charge in [-0.2, -0.15) is 5.10 Å². The van der Waals surface area contributed by atoms with Crippen molar-refractivity contribution in [2.24, 2.45) is 0 Å². The van der Waals surface area contributed by atoms with Gasteiger partial charge in [-0.25, -0.2) is 8.78 Å². The van der Waals surface area contributed by atoms with Crippen LogP contribution in [0.15, 0.2) is 42.5 Å². The van der Waals surface area contributed by atoms with Crippen LogP contribution in [0.25, 0.3) is 22.4 Å². The lowest BCUT2D eigenvalue weighted by molar-refractivity contribution is 0.628. The van der Waals surface area contributed by atoms with Gasteiger partial charge in [0, 0.05) is 5.56 Å². The summed E-state index contributed by atoms with van der Waals surface area (Å²) in [4.78, 5) is 0. The molecule has 6 heteroatoms. The number of benzene rings is 2. The second-order valence-corrected chi connectivity index (χ2v) is 4.85. The number of nitrogens with two attached hydrogens (primary N) is 1. The Bertz CT molecular complexity index is 814. The molecule has 0 aliphatic rings. The maximum absolute atomic E-state index is 13.6. The number of aromatic nitrogens is 2. The summed E-state index contributed by atoms with van der Waals surface area (Å²) in [6.07, 6.45) is 0. The van der Waals surface area contributed by atoms with E-state index in [2.05, 4.69) is 10.2 Å². The first-order valence-electron chi connectivity index (χ1n) is 6.12. The Morgan fingerprint density at radius 3 is 2.62 bits per heavy atom. The van der Waals surface area contributed by atoms with E-state index in [1.807, 2.05) is 0 Å². The topological polar surface area (TPSA) is 54.7 Å². The number of nitrogens with zero attached hydrogens (tertiary/aromatic N) is 1. The van der Waals surface area contributed by atoms with Crippen molar-refractivity contribution in [2.75, 3.05) is 5.73 Å². The molecule has 3 nitrogen and oxygen atoms in total. The van der Waals surface area contributed by atoms with E-state index < -0.39 is 11.6 Å². The second kappa shape index (κ2) is 5.18. The maximum Gasteiger partial charge on any atom is 0.153 e. The van der Waals surface area contributed by atoms with Crippen LogP contribution < -0.4 is 5.73 Å². The number of aromatic amines is 1. The van der Waals surface area contributed by atoms with Crippen molar-refractivity contribution in [3.8, 4) is 22.4 Å². The minimum absolute atomic E-state index is 0.0428. The SMILES string of the molecule is Nc1n[nH]c(-c2cccc(F)c2Cl)c1-c1cccc(F)c1. The molecule has 0 aliphatic heterocycles. The monoisotopic (exact) mass is 305 g/mol. The molecule has 0 fully saturated rings. The third-order valence-electron chi connectivity index (χ3n) is 3.13. The van der Waals surface area contributed by atoms with Crippen molar-refractivity contribution in [3.05, 3.63) is 59.1 Å². The molecule has 106 valence electrons. The van der Waals surface area contributed by atoms with E-state index in [1.54, 1.807) is 18.2 Å². The Hall–Kier alpha value is -2.40. The van der Waals surface area contributed by atoms with Gasteiger partial charge in [-0.15, -0.1) is 0 Å². The Labute approximate surface area is 124 Å². The number of halogens is 3. The van der Waals surface area contributed by atoms with E-state index >= 15 is 0 Å². The molecule has 1 heterocycles. The number of hydrogen-bond donors (Lipinski definition) is 2. The highest BCUT2D eigenvalue weighted by Gasteiger charge is 2.18. The average Bonchev–Trinajstić information content (AvgIpc) is 2.83. The van der Waals surface area contributed by atoms with Gasteiger partial charge < -0.3 is 5.73 Å². The van der Waals surface area contributed by atoms with Gasteiger partial charge in [-0.05, 0) is 23.8 Å². The van der Waals surface area contributed by atoms with Gasteiger partial charge in [0.05, 0.1) is 16.3 Å². The normalized spacial score (nSPS) is 10.8. The summed E-state index contributed by atoms with van der Waals surface area (Å²) in [5.41, 5.74) is 7.74. The van der Waals surface area contributed by atoms with E-state index in [1.165, 1.54) is 24.3 Å². The Kier molecular flexibility index (Phi) is 3.35. The van der Waals surface area contributed by atoms with Gasteiger partial charge in [0.1, 0.15) is 11.6 Å². The Morgan fingerprint density at radius 2 is 1.86 bits per heavy atom. The van der Waals surface area contributed by atoms with Crippen molar-refractivity contribution in [2.45, 2.75) is 0 Å². The lowest BCUT2D eigenvalue weighted by Gasteiger charge is -2.07. The molecule has 3 rings (SSSR count). The number of H-pyrrole nitrogens is 1. The fourth-order valence-electron chi connectivity index (χ4n) is 2.18. The summed E-state index contributed by atoms with van der Waals surface area (Å²) in [5.74, 6) is -0.757. The number of rotatable bonds is 2. The van der Waals surface area contributed by atoms with E-state index in [4.69, 9.17) is 17.3 Å². The lowest BCUT2D eigenvalue weighted by atomic mass is 10.0. The summed E-state index contributed by atoms with van der Waals surface area (Å²) in [6.45, 7) is 0. The fourth-order valence-corrected chi connectivity index (χ4v) is 2.40. The standard InChI is InChI=1S/C15H10ClF2N3/c16-13-10(5-2-6-11(13)18)14-12(15(19)21-20-14)8-3-1-4-9(17)7-8/h1-7H,(H3,19,20,21). The zero-order valence-electron chi connectivity index (χ0n) is 10.7. The van der Waals surface area contributed by atoms with E-state index in [0.717, 1.165) is 0 Å². The number of nitrogen functional groups attached to an aromatic ring is 1. The molecular weight excluding hydrogens is 296 g/mol. The van der Waals surface area contributed by atoms with E-state index in [9.17, 15) is 8.78 Å². The zero-order valence-corrected chi connectivity index (χ0v) is 11.5. The minimum atomic E-state index is -0.549. The Balaban J connectivity index is 2.24. The third-order valence-corrected chi connectivity index (χ3v) is 3.51. The summed E-state index contributed by atoms with van der Waals surface area (Å²) in [6, 6.07) is 10.3. The van der Waals surface area contributed by atoms with Gasteiger partial charge in [0.25, 0.3) is 0 Å². The molecule has 0 aliphatic carbocycles. The largest absolute Gasteiger partial charge is 0.382 e. The third kappa shape index (κ3) is 2.36. The molecule has 21 heavy (non-hydrogen) atoms. The molecule has 0 radical (unpaired) electrons. The van der Waals surface area contributed by atoms with Gasteiger partial charge >= 0.3 is 0 Å². The molecule has 0 saturated carbocycles. The predicted molar refractivity (Wildman–Crippen MR) is 78.8 cm³/mol. The molecule has 0 amide bonds. The molecular formula is C15H10ClF2N3. The first-order valence-corrected chi connectivity index (χ1v) is 6.50. The molecule has 2 aromatic carbocycles. The highest BCUT2D eigenvalue weighted by atomic mass is 35.5. The highest BCUT2D eigenvalue weighted by molar-refractivity contribution is 6.33. The molecule has 0 atom stereocenters. The first kappa shape index (κ1) is 13.6. The molecule has 0 unspecified atom stereocenters. The van der Waals surface area contributed by atoms with Crippen molar-refractivity contribution in [1.82, 2.24) is 10.2 Å². The number of anilines is 1. The second-order valence-electron chi connectivity index (χ2n) is 4.47. The average molecular weight is 306 g/mol. The van der Waals surface area contributed by atoms with Crippen LogP contribution in [-0.4, -0.2) is 10.2 Å².